The molecule has 0 bridgehead atoms. The van der Waals surface area contributed by atoms with Crippen LogP contribution in [0.15, 0.2) is 66.1 Å². The molecule has 0 fully saturated rings. The van der Waals surface area contributed by atoms with Crippen molar-refractivity contribution in [2.45, 2.75) is 26.7 Å². The van der Waals surface area contributed by atoms with E-state index in [1.54, 1.807) is 13.0 Å². The van der Waals surface area contributed by atoms with Gasteiger partial charge in [0.05, 0.1) is 13.2 Å². The van der Waals surface area contributed by atoms with E-state index < -0.39 is 5.97 Å². The van der Waals surface area contributed by atoms with Crippen molar-refractivity contribution in [1.82, 2.24) is 0 Å². The fourth-order valence-corrected chi connectivity index (χ4v) is 3.98. The molecular weight excluding hydrogens is 422 g/mol. The molecule has 0 aliphatic rings. The van der Waals surface area contributed by atoms with Gasteiger partial charge in [0.15, 0.2) is 0 Å². The Morgan fingerprint density at radius 3 is 2.47 bits per heavy atom. The van der Waals surface area contributed by atoms with Crippen molar-refractivity contribution in [3.05, 3.63) is 77.2 Å². The normalized spacial score (nSPS) is 10.8. The smallest absolute Gasteiger partial charge is 0.341 e. The van der Waals surface area contributed by atoms with E-state index in [0.717, 1.165) is 35.3 Å². The molecule has 0 saturated carbocycles. The Morgan fingerprint density at radius 2 is 1.78 bits per heavy atom. The molecule has 3 aromatic rings. The quantitative estimate of drug-likeness (QED) is 0.220. The Morgan fingerprint density at radius 1 is 1.03 bits per heavy atom. The Bertz CT molecular complexity index is 1060. The number of thiophene rings is 1. The van der Waals surface area contributed by atoms with E-state index in [0.29, 0.717) is 17.2 Å². The second-order valence-electron chi connectivity index (χ2n) is 7.03. The van der Waals surface area contributed by atoms with E-state index in [2.05, 4.69) is 12.2 Å². The maximum absolute atomic E-state index is 12.6. The highest BCUT2D eigenvalue weighted by Gasteiger charge is 2.22. The Labute approximate surface area is 192 Å². The van der Waals surface area contributed by atoms with Crippen LogP contribution in [0.2, 0.25) is 0 Å². The van der Waals surface area contributed by atoms with Crippen LogP contribution in [-0.2, 0) is 9.53 Å². The van der Waals surface area contributed by atoms with Gasteiger partial charge in [0.25, 0.3) is 0 Å². The van der Waals surface area contributed by atoms with Gasteiger partial charge in [0.2, 0.25) is 5.91 Å². The van der Waals surface area contributed by atoms with Crippen LogP contribution in [0, 0.1) is 0 Å². The third kappa shape index (κ3) is 6.31. The number of nitrogens with one attached hydrogen (secondary N) is 1. The second-order valence-corrected chi connectivity index (χ2v) is 7.91. The van der Waals surface area contributed by atoms with Gasteiger partial charge in [-0.1, -0.05) is 55.8 Å². The monoisotopic (exact) mass is 449 g/mol. The summed E-state index contributed by atoms with van der Waals surface area (Å²) >= 11 is 1.30. The molecule has 0 aliphatic carbocycles. The molecule has 1 amide bonds. The molecule has 1 aromatic heterocycles. The molecule has 0 saturated heterocycles. The topological polar surface area (TPSA) is 64.6 Å². The molecule has 6 heteroatoms. The summed E-state index contributed by atoms with van der Waals surface area (Å²) in [5, 5.41) is 5.15. The number of hydrogen-bond acceptors (Lipinski definition) is 5. The summed E-state index contributed by atoms with van der Waals surface area (Å²) in [5.74, 6) is 0.0389. The molecular formula is C26H27NO4S. The minimum atomic E-state index is -0.453. The molecule has 2 aromatic carbocycles. The summed E-state index contributed by atoms with van der Waals surface area (Å²) in [5.41, 5.74) is 2.89. The predicted molar refractivity (Wildman–Crippen MR) is 130 cm³/mol. The molecule has 0 aliphatic heterocycles. The van der Waals surface area contributed by atoms with Crippen LogP contribution in [0.3, 0.4) is 0 Å². The summed E-state index contributed by atoms with van der Waals surface area (Å²) in [7, 11) is 0. The van der Waals surface area contributed by atoms with Crippen LogP contribution in [-0.4, -0.2) is 25.1 Å². The lowest BCUT2D eigenvalue weighted by Crippen LogP contribution is -2.12. The Kier molecular flexibility index (Phi) is 8.63. The highest BCUT2D eigenvalue weighted by molar-refractivity contribution is 7.15. The number of carbonyl (C=O) groups is 2. The lowest BCUT2D eigenvalue weighted by molar-refractivity contribution is -0.111. The van der Waals surface area contributed by atoms with Crippen molar-refractivity contribution in [2.24, 2.45) is 0 Å². The molecule has 5 nitrogen and oxygen atoms in total. The van der Waals surface area contributed by atoms with E-state index in [4.69, 9.17) is 9.47 Å². The molecule has 0 atom stereocenters. The van der Waals surface area contributed by atoms with E-state index in [-0.39, 0.29) is 12.5 Å². The van der Waals surface area contributed by atoms with E-state index >= 15 is 0 Å². The third-order valence-electron chi connectivity index (χ3n) is 4.67. The standard InChI is InChI=1S/C26H27NO4S/c1-3-5-17-31-21-14-11-19(12-15-21)13-16-23(28)27-25-24(26(29)30-4-2)22(18-32-25)20-9-7-6-8-10-20/h6-16,18H,3-5,17H2,1-2H3,(H,27,28)/b16-13+. The van der Waals surface area contributed by atoms with Gasteiger partial charge in [-0.2, -0.15) is 0 Å². The maximum Gasteiger partial charge on any atom is 0.341 e. The number of unbranched alkanes of at least 4 members (excludes halogenated alkanes) is 1. The van der Waals surface area contributed by atoms with Crippen molar-refractivity contribution in [3.63, 3.8) is 0 Å². The van der Waals surface area contributed by atoms with Crippen molar-refractivity contribution in [2.75, 3.05) is 18.5 Å². The molecule has 1 N–H and O–H groups in total. The lowest BCUT2D eigenvalue weighted by atomic mass is 10.0. The Balaban J connectivity index is 1.71. The highest BCUT2D eigenvalue weighted by atomic mass is 32.1. The van der Waals surface area contributed by atoms with Gasteiger partial charge in [-0.3, -0.25) is 4.79 Å². The lowest BCUT2D eigenvalue weighted by Gasteiger charge is -2.08. The maximum atomic E-state index is 12.6. The molecule has 166 valence electrons. The number of rotatable bonds is 10. The summed E-state index contributed by atoms with van der Waals surface area (Å²) < 4.78 is 10.9. The zero-order chi connectivity index (χ0) is 22.8. The van der Waals surface area contributed by atoms with E-state index in [1.165, 1.54) is 17.4 Å². The van der Waals surface area contributed by atoms with E-state index in [1.807, 2.05) is 60.0 Å². The van der Waals surface area contributed by atoms with Gasteiger partial charge in [-0.05, 0) is 42.7 Å². The first-order chi connectivity index (χ1) is 15.6. The van der Waals surface area contributed by atoms with Crippen molar-refractivity contribution >= 4 is 34.3 Å². The zero-order valence-electron chi connectivity index (χ0n) is 18.3. The fraction of sp³-hybridized carbons (Fsp3) is 0.231. The molecule has 0 radical (unpaired) electrons. The van der Waals surface area contributed by atoms with Crippen molar-refractivity contribution in [3.8, 4) is 16.9 Å². The van der Waals surface area contributed by atoms with Gasteiger partial charge in [0, 0.05) is 17.0 Å². The van der Waals surface area contributed by atoms with Crippen molar-refractivity contribution in [1.29, 1.82) is 0 Å². The SMILES string of the molecule is CCCCOc1ccc(/C=C/C(=O)Nc2scc(-c3ccccc3)c2C(=O)OCC)cc1. The van der Waals surface area contributed by atoms with Crippen LogP contribution in [0.5, 0.6) is 5.75 Å². The number of amides is 1. The van der Waals surface area contributed by atoms with Crippen LogP contribution in [0.25, 0.3) is 17.2 Å². The summed E-state index contributed by atoms with van der Waals surface area (Å²) in [6.45, 7) is 4.83. The number of anilines is 1. The summed E-state index contributed by atoms with van der Waals surface area (Å²) in [6, 6.07) is 17.1. The molecule has 3 rings (SSSR count). The van der Waals surface area contributed by atoms with Gasteiger partial charge in [0.1, 0.15) is 16.3 Å². The first-order valence-electron chi connectivity index (χ1n) is 10.7. The number of carbonyl (C=O) groups excluding carboxylic acids is 2. The summed E-state index contributed by atoms with van der Waals surface area (Å²) in [6.07, 6.45) is 5.28. The number of hydrogen-bond donors (Lipinski definition) is 1. The van der Waals surface area contributed by atoms with Crippen LogP contribution >= 0.6 is 11.3 Å². The minimum Gasteiger partial charge on any atom is -0.494 e. The van der Waals surface area contributed by atoms with Gasteiger partial charge < -0.3 is 14.8 Å². The average molecular weight is 450 g/mol. The number of ether oxygens (including phenoxy) is 2. The van der Waals surface area contributed by atoms with Crippen LogP contribution in [0.1, 0.15) is 42.6 Å². The average Bonchev–Trinajstić information content (AvgIpc) is 3.23. The Hall–Kier alpha value is -3.38. The highest BCUT2D eigenvalue weighted by Crippen LogP contribution is 2.36. The summed E-state index contributed by atoms with van der Waals surface area (Å²) in [4.78, 5) is 25.1. The first-order valence-corrected chi connectivity index (χ1v) is 11.6. The zero-order valence-corrected chi connectivity index (χ0v) is 19.1. The fourth-order valence-electron chi connectivity index (χ4n) is 3.02. The van der Waals surface area contributed by atoms with Crippen molar-refractivity contribution < 1.29 is 19.1 Å². The van der Waals surface area contributed by atoms with Gasteiger partial charge in [-0.25, -0.2) is 4.79 Å². The molecule has 0 spiro atoms. The predicted octanol–water partition coefficient (Wildman–Crippen LogP) is 6.42. The first kappa shape index (κ1) is 23.3. The number of benzene rings is 2. The second kappa shape index (κ2) is 11.9. The van der Waals surface area contributed by atoms with Gasteiger partial charge >= 0.3 is 5.97 Å². The van der Waals surface area contributed by atoms with E-state index in [9.17, 15) is 9.59 Å². The third-order valence-corrected chi connectivity index (χ3v) is 5.56. The largest absolute Gasteiger partial charge is 0.494 e. The number of esters is 1. The molecule has 1 heterocycles. The van der Waals surface area contributed by atoms with Crippen LogP contribution in [0.4, 0.5) is 5.00 Å². The molecule has 0 unspecified atom stereocenters. The minimum absolute atomic E-state index is 0.258. The molecule has 32 heavy (non-hydrogen) atoms. The van der Waals surface area contributed by atoms with Crippen LogP contribution < -0.4 is 10.1 Å². The van der Waals surface area contributed by atoms with Gasteiger partial charge in [-0.15, -0.1) is 11.3 Å².